The summed E-state index contributed by atoms with van der Waals surface area (Å²) in [6, 6.07) is 10.8. The molecule has 1 aliphatic rings. The summed E-state index contributed by atoms with van der Waals surface area (Å²) in [5, 5.41) is 6.33. The lowest BCUT2D eigenvalue weighted by Crippen LogP contribution is -2.42. The molecule has 0 amide bonds. The van der Waals surface area contributed by atoms with Crippen LogP contribution < -0.4 is 15.4 Å². The Morgan fingerprint density at radius 3 is 2.63 bits per heavy atom. The van der Waals surface area contributed by atoms with Crippen molar-refractivity contribution in [2.45, 2.75) is 45.0 Å². The molecule has 0 radical (unpaired) electrons. The summed E-state index contributed by atoms with van der Waals surface area (Å²) in [5.41, 5.74) is 1.26. The Kier molecular flexibility index (Phi) is 5.08. The van der Waals surface area contributed by atoms with Crippen molar-refractivity contribution in [2.75, 3.05) is 5.32 Å². The zero-order chi connectivity index (χ0) is 19.8. The molecule has 0 aliphatic carbocycles. The van der Waals surface area contributed by atoms with Gasteiger partial charge in [0, 0.05) is 17.7 Å². The first-order chi connectivity index (χ1) is 12.5. The largest absolute Gasteiger partial charge is 0.487 e. The SMILES string of the molecule is Cc1ccc2c(c1)OC(C)(C)CC2NC(=S)Nc1cccc(C(F)(F)F)c1. The van der Waals surface area contributed by atoms with Crippen molar-refractivity contribution in [2.24, 2.45) is 0 Å². The van der Waals surface area contributed by atoms with Crippen LogP contribution in [0.5, 0.6) is 5.75 Å². The van der Waals surface area contributed by atoms with Gasteiger partial charge in [-0.3, -0.25) is 0 Å². The van der Waals surface area contributed by atoms with Gasteiger partial charge in [-0.2, -0.15) is 13.2 Å². The molecule has 0 saturated heterocycles. The monoisotopic (exact) mass is 394 g/mol. The minimum Gasteiger partial charge on any atom is -0.487 e. The summed E-state index contributed by atoms with van der Waals surface area (Å²) in [6.07, 6.45) is -3.72. The minimum absolute atomic E-state index is 0.102. The lowest BCUT2D eigenvalue weighted by Gasteiger charge is -2.38. The maximum atomic E-state index is 12.9. The van der Waals surface area contributed by atoms with E-state index in [1.54, 1.807) is 6.07 Å². The van der Waals surface area contributed by atoms with E-state index < -0.39 is 11.7 Å². The molecule has 144 valence electrons. The quantitative estimate of drug-likeness (QED) is 0.650. The summed E-state index contributed by atoms with van der Waals surface area (Å²) < 4.78 is 44.7. The molecule has 7 heteroatoms. The normalized spacial score (nSPS) is 18.2. The Balaban J connectivity index is 1.77. The molecule has 0 saturated carbocycles. The summed E-state index contributed by atoms with van der Waals surface area (Å²) >= 11 is 5.34. The number of hydrogen-bond acceptors (Lipinski definition) is 2. The molecule has 1 heterocycles. The van der Waals surface area contributed by atoms with Crippen molar-refractivity contribution in [1.82, 2.24) is 5.32 Å². The highest BCUT2D eigenvalue weighted by Crippen LogP contribution is 2.40. The van der Waals surface area contributed by atoms with E-state index in [0.29, 0.717) is 6.42 Å². The number of thiocarbonyl (C=S) groups is 1. The molecule has 0 aromatic heterocycles. The zero-order valence-corrected chi connectivity index (χ0v) is 16.1. The molecule has 3 nitrogen and oxygen atoms in total. The van der Waals surface area contributed by atoms with Gasteiger partial charge < -0.3 is 15.4 Å². The van der Waals surface area contributed by atoms with Crippen LogP contribution in [0.1, 0.15) is 43.0 Å². The van der Waals surface area contributed by atoms with Crippen molar-refractivity contribution in [1.29, 1.82) is 0 Å². The van der Waals surface area contributed by atoms with Gasteiger partial charge >= 0.3 is 6.18 Å². The van der Waals surface area contributed by atoms with Gasteiger partial charge in [0.05, 0.1) is 11.6 Å². The Morgan fingerprint density at radius 2 is 1.93 bits per heavy atom. The maximum Gasteiger partial charge on any atom is 0.416 e. The number of anilines is 1. The molecule has 0 fully saturated rings. The summed E-state index contributed by atoms with van der Waals surface area (Å²) in [5.74, 6) is 0.797. The standard InChI is InChI=1S/C20H21F3N2OS/c1-12-7-8-15-16(11-19(2,3)26-17(15)9-12)25-18(27)24-14-6-4-5-13(10-14)20(21,22)23/h4-10,16H,11H2,1-3H3,(H2,24,25,27). The molecular weight excluding hydrogens is 373 g/mol. The minimum atomic E-state index is -4.39. The van der Waals surface area contributed by atoms with Crippen molar-refractivity contribution in [3.05, 3.63) is 59.2 Å². The number of rotatable bonds is 2. The maximum absolute atomic E-state index is 12.9. The van der Waals surface area contributed by atoms with E-state index in [9.17, 15) is 13.2 Å². The highest BCUT2D eigenvalue weighted by molar-refractivity contribution is 7.80. The first kappa shape index (κ1) is 19.5. The number of aryl methyl sites for hydroxylation is 1. The second-order valence-corrected chi connectivity index (χ2v) is 7.75. The van der Waals surface area contributed by atoms with Crippen LogP contribution in [0, 0.1) is 6.92 Å². The van der Waals surface area contributed by atoms with Gasteiger partial charge in [0.15, 0.2) is 5.11 Å². The molecule has 3 rings (SSSR count). The van der Waals surface area contributed by atoms with E-state index in [2.05, 4.69) is 10.6 Å². The molecule has 27 heavy (non-hydrogen) atoms. The summed E-state index contributed by atoms with van der Waals surface area (Å²) in [6.45, 7) is 5.99. The predicted molar refractivity (Wildman–Crippen MR) is 104 cm³/mol. The van der Waals surface area contributed by atoms with Crippen molar-refractivity contribution >= 4 is 23.0 Å². The first-order valence-electron chi connectivity index (χ1n) is 8.58. The third kappa shape index (κ3) is 4.71. The molecule has 2 N–H and O–H groups in total. The molecule has 2 aromatic rings. The van der Waals surface area contributed by atoms with Crippen LogP contribution in [0.15, 0.2) is 42.5 Å². The smallest absolute Gasteiger partial charge is 0.416 e. The van der Waals surface area contributed by atoms with E-state index in [1.165, 1.54) is 6.07 Å². The summed E-state index contributed by atoms with van der Waals surface area (Å²) in [7, 11) is 0. The van der Waals surface area contributed by atoms with E-state index in [0.717, 1.165) is 29.0 Å². The van der Waals surface area contributed by atoms with E-state index >= 15 is 0 Å². The average molecular weight is 394 g/mol. The number of nitrogens with one attached hydrogen (secondary N) is 2. The number of hydrogen-bond donors (Lipinski definition) is 2. The number of halogens is 3. The second kappa shape index (κ2) is 7.03. The molecule has 0 spiro atoms. The van der Waals surface area contributed by atoms with Gasteiger partial charge in [0.25, 0.3) is 0 Å². The molecule has 0 bridgehead atoms. The number of benzene rings is 2. The van der Waals surface area contributed by atoms with Crippen LogP contribution in [0.4, 0.5) is 18.9 Å². The van der Waals surface area contributed by atoms with Gasteiger partial charge in [0.1, 0.15) is 11.4 Å². The lowest BCUT2D eigenvalue weighted by molar-refractivity contribution is -0.137. The highest BCUT2D eigenvalue weighted by atomic mass is 32.1. The fourth-order valence-electron chi connectivity index (χ4n) is 3.19. The summed E-state index contributed by atoms with van der Waals surface area (Å²) in [4.78, 5) is 0. The highest BCUT2D eigenvalue weighted by Gasteiger charge is 2.34. The molecule has 1 aliphatic heterocycles. The van der Waals surface area contributed by atoms with Crippen molar-refractivity contribution in [3.8, 4) is 5.75 Å². The van der Waals surface area contributed by atoms with E-state index in [4.69, 9.17) is 17.0 Å². The molecule has 1 atom stereocenters. The van der Waals surface area contributed by atoms with E-state index in [1.807, 2.05) is 39.0 Å². The van der Waals surface area contributed by atoms with Gasteiger partial charge in [-0.05, 0) is 62.8 Å². The molecule has 2 aromatic carbocycles. The second-order valence-electron chi connectivity index (χ2n) is 7.34. The number of alkyl halides is 3. The van der Waals surface area contributed by atoms with Gasteiger partial charge in [-0.25, -0.2) is 0 Å². The van der Waals surface area contributed by atoms with Crippen molar-refractivity contribution < 1.29 is 17.9 Å². The Labute approximate surface area is 161 Å². The average Bonchev–Trinajstić information content (AvgIpc) is 2.52. The third-order valence-electron chi connectivity index (χ3n) is 4.38. The zero-order valence-electron chi connectivity index (χ0n) is 15.3. The topological polar surface area (TPSA) is 33.3 Å². The predicted octanol–water partition coefficient (Wildman–Crippen LogP) is 5.60. The van der Waals surface area contributed by atoms with Crippen LogP contribution in [0.3, 0.4) is 0 Å². The van der Waals surface area contributed by atoms with Gasteiger partial charge in [-0.15, -0.1) is 0 Å². The third-order valence-corrected chi connectivity index (χ3v) is 4.60. The van der Waals surface area contributed by atoms with Crippen molar-refractivity contribution in [3.63, 3.8) is 0 Å². The Morgan fingerprint density at radius 1 is 1.19 bits per heavy atom. The molecular formula is C20H21F3N2OS. The molecule has 1 unspecified atom stereocenters. The van der Waals surface area contributed by atoms with Gasteiger partial charge in [-0.1, -0.05) is 18.2 Å². The fourth-order valence-corrected chi connectivity index (χ4v) is 3.45. The Bertz CT molecular complexity index is 865. The van der Waals surface area contributed by atoms with E-state index in [-0.39, 0.29) is 22.4 Å². The van der Waals surface area contributed by atoms with Crippen LogP contribution >= 0.6 is 12.2 Å². The van der Waals surface area contributed by atoms with Gasteiger partial charge in [0.2, 0.25) is 0 Å². The lowest BCUT2D eigenvalue weighted by atomic mass is 9.89. The van der Waals surface area contributed by atoms with Crippen LogP contribution in [-0.4, -0.2) is 10.7 Å². The number of ether oxygens (including phenoxy) is 1. The first-order valence-corrected chi connectivity index (χ1v) is 8.99. The van der Waals surface area contributed by atoms with Crippen LogP contribution in [-0.2, 0) is 6.18 Å². The number of fused-ring (bicyclic) bond motifs is 1. The Hall–Kier alpha value is -2.28. The van der Waals surface area contributed by atoms with Crippen LogP contribution in [0.25, 0.3) is 0 Å². The fraction of sp³-hybridized carbons (Fsp3) is 0.350. The van der Waals surface area contributed by atoms with Crippen LogP contribution in [0.2, 0.25) is 0 Å².